The molecule has 2 unspecified atom stereocenters. The predicted octanol–water partition coefficient (Wildman–Crippen LogP) is 1.75. The average Bonchev–Trinajstić information content (AvgIpc) is 2.46. The van der Waals surface area contributed by atoms with Crippen molar-refractivity contribution < 1.29 is 4.79 Å². The fourth-order valence-corrected chi connectivity index (χ4v) is 3.22. The van der Waals surface area contributed by atoms with Crippen LogP contribution in [-0.2, 0) is 6.42 Å². The Morgan fingerprint density at radius 1 is 1.38 bits per heavy atom. The summed E-state index contributed by atoms with van der Waals surface area (Å²) in [4.78, 5) is 22.7. The van der Waals surface area contributed by atoms with Crippen molar-refractivity contribution in [2.24, 2.45) is 11.8 Å². The number of hydrogen-bond donors (Lipinski definition) is 1. The van der Waals surface area contributed by atoms with Gasteiger partial charge in [-0.1, -0.05) is 20.8 Å². The second-order valence-corrected chi connectivity index (χ2v) is 6.20. The molecule has 5 heteroatoms. The minimum atomic E-state index is -0.0643. The fourth-order valence-electron chi connectivity index (χ4n) is 3.22. The molecule has 21 heavy (non-hydrogen) atoms. The summed E-state index contributed by atoms with van der Waals surface area (Å²) in [5.41, 5.74) is 1.41. The second-order valence-electron chi connectivity index (χ2n) is 6.20. The van der Waals surface area contributed by atoms with Crippen LogP contribution in [0.3, 0.4) is 0 Å². The van der Waals surface area contributed by atoms with E-state index in [0.717, 1.165) is 43.6 Å². The molecule has 0 aliphatic carbocycles. The van der Waals surface area contributed by atoms with Crippen molar-refractivity contribution >= 4 is 5.91 Å². The molecule has 1 amide bonds. The van der Waals surface area contributed by atoms with Crippen LogP contribution >= 0.6 is 0 Å². The lowest BCUT2D eigenvalue weighted by atomic mass is 9.92. The third-order valence-corrected chi connectivity index (χ3v) is 4.03. The van der Waals surface area contributed by atoms with Gasteiger partial charge in [0.2, 0.25) is 0 Å². The van der Waals surface area contributed by atoms with Crippen LogP contribution in [0.1, 0.15) is 43.2 Å². The van der Waals surface area contributed by atoms with E-state index in [2.05, 4.69) is 34.0 Å². The standard InChI is InChI=1S/C16H26N4O/c1-4-15-14(8-17-11-19-15)16(21)18-5-6-20-9-12(2)7-13(3)10-20/h8,11-13H,4-7,9-10H2,1-3H3,(H,18,21). The maximum atomic E-state index is 12.2. The van der Waals surface area contributed by atoms with E-state index < -0.39 is 0 Å². The molecular formula is C16H26N4O. The van der Waals surface area contributed by atoms with Gasteiger partial charge in [-0.25, -0.2) is 9.97 Å². The first-order valence-electron chi connectivity index (χ1n) is 7.89. The molecule has 2 rings (SSSR count). The van der Waals surface area contributed by atoms with Gasteiger partial charge in [0.05, 0.1) is 11.3 Å². The predicted molar refractivity (Wildman–Crippen MR) is 83.1 cm³/mol. The molecule has 1 saturated heterocycles. The van der Waals surface area contributed by atoms with Gasteiger partial charge in [-0.05, 0) is 24.7 Å². The number of aromatic nitrogens is 2. The third kappa shape index (κ3) is 4.49. The van der Waals surface area contributed by atoms with Crippen molar-refractivity contribution in [2.75, 3.05) is 26.2 Å². The SMILES string of the molecule is CCc1ncncc1C(=O)NCCN1CC(C)CC(C)C1. The molecule has 0 spiro atoms. The van der Waals surface area contributed by atoms with Gasteiger partial charge in [0.1, 0.15) is 6.33 Å². The van der Waals surface area contributed by atoms with Gasteiger partial charge in [-0.3, -0.25) is 4.79 Å². The van der Waals surface area contributed by atoms with Gasteiger partial charge >= 0.3 is 0 Å². The van der Waals surface area contributed by atoms with Crippen molar-refractivity contribution in [1.29, 1.82) is 0 Å². The Hall–Kier alpha value is -1.49. The van der Waals surface area contributed by atoms with Crippen LogP contribution in [0.25, 0.3) is 0 Å². The maximum absolute atomic E-state index is 12.2. The van der Waals surface area contributed by atoms with Crippen molar-refractivity contribution in [3.8, 4) is 0 Å². The molecule has 0 bridgehead atoms. The molecule has 0 saturated carbocycles. The number of carbonyl (C=O) groups excluding carboxylic acids is 1. The lowest BCUT2D eigenvalue weighted by molar-refractivity contribution is 0.0935. The molecule has 2 atom stereocenters. The quantitative estimate of drug-likeness (QED) is 0.897. The first-order valence-corrected chi connectivity index (χ1v) is 7.89. The molecule has 116 valence electrons. The number of likely N-dealkylation sites (tertiary alicyclic amines) is 1. The topological polar surface area (TPSA) is 58.1 Å². The molecule has 1 aliphatic heterocycles. The molecule has 1 N–H and O–H groups in total. The lowest BCUT2D eigenvalue weighted by Gasteiger charge is -2.34. The molecule has 5 nitrogen and oxygen atoms in total. The van der Waals surface area contributed by atoms with E-state index in [1.54, 1.807) is 6.20 Å². The molecule has 1 aromatic heterocycles. The zero-order chi connectivity index (χ0) is 15.2. The second kappa shape index (κ2) is 7.50. The minimum absolute atomic E-state index is 0.0643. The summed E-state index contributed by atoms with van der Waals surface area (Å²) in [6.45, 7) is 10.5. The fraction of sp³-hybridized carbons (Fsp3) is 0.688. The smallest absolute Gasteiger partial charge is 0.254 e. The number of nitrogens with zero attached hydrogens (tertiary/aromatic N) is 3. The maximum Gasteiger partial charge on any atom is 0.254 e. The summed E-state index contributed by atoms with van der Waals surface area (Å²) < 4.78 is 0. The largest absolute Gasteiger partial charge is 0.351 e. The van der Waals surface area contributed by atoms with E-state index in [0.29, 0.717) is 12.1 Å². The van der Waals surface area contributed by atoms with E-state index in [-0.39, 0.29) is 5.91 Å². The molecule has 0 radical (unpaired) electrons. The highest BCUT2D eigenvalue weighted by atomic mass is 16.1. The van der Waals surface area contributed by atoms with Crippen LogP contribution in [0.15, 0.2) is 12.5 Å². The van der Waals surface area contributed by atoms with Crippen LogP contribution < -0.4 is 5.32 Å². The van der Waals surface area contributed by atoms with E-state index in [1.165, 1.54) is 12.7 Å². The number of nitrogens with one attached hydrogen (secondary N) is 1. The average molecular weight is 290 g/mol. The highest BCUT2D eigenvalue weighted by molar-refractivity contribution is 5.94. The van der Waals surface area contributed by atoms with E-state index >= 15 is 0 Å². The van der Waals surface area contributed by atoms with Crippen LogP contribution in [0, 0.1) is 11.8 Å². The summed E-state index contributed by atoms with van der Waals surface area (Å²) in [6, 6.07) is 0. The first-order chi connectivity index (χ1) is 10.1. The van der Waals surface area contributed by atoms with Gasteiger partial charge in [-0.2, -0.15) is 0 Å². The van der Waals surface area contributed by atoms with Crippen molar-refractivity contribution in [3.63, 3.8) is 0 Å². The number of hydrogen-bond acceptors (Lipinski definition) is 4. The Labute approximate surface area is 127 Å². The summed E-state index contributed by atoms with van der Waals surface area (Å²) in [6.07, 6.45) is 5.15. The third-order valence-electron chi connectivity index (χ3n) is 4.03. The van der Waals surface area contributed by atoms with Crippen LogP contribution in [0.4, 0.5) is 0 Å². The Balaban J connectivity index is 1.81. The Kier molecular flexibility index (Phi) is 5.67. The monoisotopic (exact) mass is 290 g/mol. The Morgan fingerprint density at radius 3 is 2.76 bits per heavy atom. The number of rotatable bonds is 5. The summed E-state index contributed by atoms with van der Waals surface area (Å²) >= 11 is 0. The summed E-state index contributed by atoms with van der Waals surface area (Å²) in [5.74, 6) is 1.43. The Morgan fingerprint density at radius 2 is 2.10 bits per heavy atom. The van der Waals surface area contributed by atoms with Crippen LogP contribution in [0.5, 0.6) is 0 Å². The van der Waals surface area contributed by atoms with Crippen molar-refractivity contribution in [3.05, 3.63) is 23.8 Å². The molecule has 0 aromatic carbocycles. The molecule has 2 heterocycles. The van der Waals surface area contributed by atoms with Crippen molar-refractivity contribution in [1.82, 2.24) is 20.2 Å². The zero-order valence-corrected chi connectivity index (χ0v) is 13.3. The highest BCUT2D eigenvalue weighted by Gasteiger charge is 2.21. The van der Waals surface area contributed by atoms with Gasteiger partial charge in [0.15, 0.2) is 0 Å². The van der Waals surface area contributed by atoms with E-state index in [9.17, 15) is 4.79 Å². The molecule has 1 aromatic rings. The lowest BCUT2D eigenvalue weighted by Crippen LogP contribution is -2.43. The normalized spacial score (nSPS) is 23.0. The van der Waals surface area contributed by atoms with Gasteiger partial charge in [0, 0.05) is 32.4 Å². The van der Waals surface area contributed by atoms with Gasteiger partial charge in [-0.15, -0.1) is 0 Å². The van der Waals surface area contributed by atoms with Gasteiger partial charge < -0.3 is 10.2 Å². The van der Waals surface area contributed by atoms with Crippen molar-refractivity contribution in [2.45, 2.75) is 33.6 Å². The molecule has 1 fully saturated rings. The number of amides is 1. The first kappa shape index (κ1) is 15.9. The molecular weight excluding hydrogens is 264 g/mol. The summed E-state index contributed by atoms with van der Waals surface area (Å²) in [5, 5.41) is 2.99. The van der Waals surface area contributed by atoms with Crippen LogP contribution in [0.2, 0.25) is 0 Å². The minimum Gasteiger partial charge on any atom is -0.351 e. The number of piperidine rings is 1. The molecule has 1 aliphatic rings. The van der Waals surface area contributed by atoms with Crippen LogP contribution in [-0.4, -0.2) is 47.0 Å². The summed E-state index contributed by atoms with van der Waals surface area (Å²) in [7, 11) is 0. The van der Waals surface area contributed by atoms with Gasteiger partial charge in [0.25, 0.3) is 5.91 Å². The van der Waals surface area contributed by atoms with E-state index in [4.69, 9.17) is 0 Å². The number of carbonyl (C=O) groups is 1. The number of aryl methyl sites for hydroxylation is 1. The highest BCUT2D eigenvalue weighted by Crippen LogP contribution is 2.20. The van der Waals surface area contributed by atoms with E-state index in [1.807, 2.05) is 6.92 Å². The zero-order valence-electron chi connectivity index (χ0n) is 13.3. The Bertz CT molecular complexity index is 467.